The highest BCUT2D eigenvalue weighted by atomic mass is 32.1. The maximum Gasteiger partial charge on any atom is 0.160 e. The summed E-state index contributed by atoms with van der Waals surface area (Å²) in [4.78, 5) is 13.1. The molecule has 0 saturated carbocycles. The maximum absolute atomic E-state index is 6.34. The number of aliphatic imine (C=N–C) groups is 2. The molecule has 0 radical (unpaired) electrons. The third-order valence-electron chi connectivity index (χ3n) is 11.8. The normalized spacial score (nSPS) is 13.7. The van der Waals surface area contributed by atoms with Gasteiger partial charge in [-0.25, -0.2) is 9.98 Å². The van der Waals surface area contributed by atoms with Crippen LogP contribution in [-0.4, -0.2) is 11.5 Å². The molecule has 282 valence electrons. The van der Waals surface area contributed by atoms with E-state index >= 15 is 0 Å². The van der Waals surface area contributed by atoms with Gasteiger partial charge in [0.2, 0.25) is 0 Å². The molecular formula is C54H38N2O2S. The second-order valence-corrected chi connectivity index (χ2v) is 16.8. The van der Waals surface area contributed by atoms with Crippen molar-refractivity contribution in [2.45, 2.75) is 26.2 Å². The summed E-state index contributed by atoms with van der Waals surface area (Å²) in [5.74, 6) is 0.553. The lowest BCUT2D eigenvalue weighted by Gasteiger charge is -2.22. The average molecular weight is 779 g/mol. The largest absolute Gasteiger partial charge is 0.456 e. The van der Waals surface area contributed by atoms with Crippen LogP contribution in [0, 0.1) is 0 Å². The number of benzene rings is 7. The summed E-state index contributed by atoms with van der Waals surface area (Å²) in [6.45, 7) is 11.3. The molecule has 0 unspecified atom stereocenters. The van der Waals surface area contributed by atoms with Crippen LogP contribution in [0.15, 0.2) is 189 Å². The lowest BCUT2D eigenvalue weighted by Crippen LogP contribution is -2.15. The van der Waals surface area contributed by atoms with Crippen molar-refractivity contribution in [3.05, 3.63) is 198 Å². The number of hydrogen-bond acceptors (Lipinski definition) is 4. The van der Waals surface area contributed by atoms with Crippen LogP contribution < -0.4 is 0 Å². The third kappa shape index (κ3) is 5.72. The van der Waals surface area contributed by atoms with Crippen LogP contribution in [0.2, 0.25) is 0 Å². The zero-order valence-corrected chi connectivity index (χ0v) is 33.7. The highest BCUT2D eigenvalue weighted by Crippen LogP contribution is 2.59. The zero-order chi connectivity index (χ0) is 39.8. The Labute approximate surface area is 346 Å². The van der Waals surface area contributed by atoms with E-state index in [1.54, 1.807) is 0 Å². The van der Waals surface area contributed by atoms with E-state index in [-0.39, 0.29) is 5.41 Å². The molecule has 5 heteroatoms. The van der Waals surface area contributed by atoms with Gasteiger partial charge in [0, 0.05) is 59.1 Å². The van der Waals surface area contributed by atoms with Crippen molar-refractivity contribution >= 4 is 72.5 Å². The Hall–Kier alpha value is -7.08. The lowest BCUT2D eigenvalue weighted by molar-refractivity contribution is 0.664. The fourth-order valence-electron chi connectivity index (χ4n) is 8.89. The fraction of sp³-hybridized carbons (Fsp3) is 0.0741. The van der Waals surface area contributed by atoms with Gasteiger partial charge >= 0.3 is 0 Å². The van der Waals surface area contributed by atoms with Crippen LogP contribution >= 0.6 is 11.3 Å². The van der Waals surface area contributed by atoms with Crippen molar-refractivity contribution in [1.82, 2.24) is 0 Å². The van der Waals surface area contributed by atoms with Crippen molar-refractivity contribution in [2.75, 3.05) is 0 Å². The molecule has 0 N–H and O–H groups in total. The van der Waals surface area contributed by atoms with E-state index in [0.29, 0.717) is 11.5 Å². The van der Waals surface area contributed by atoms with Gasteiger partial charge in [-0.2, -0.15) is 0 Å². The van der Waals surface area contributed by atoms with Crippen molar-refractivity contribution in [2.24, 2.45) is 9.98 Å². The molecule has 11 rings (SSSR count). The Bertz CT molecular complexity index is 3390. The summed E-state index contributed by atoms with van der Waals surface area (Å²) in [7, 11) is 0. The molecule has 10 aromatic rings. The highest BCUT2D eigenvalue weighted by Gasteiger charge is 2.41. The van der Waals surface area contributed by atoms with Crippen LogP contribution in [0.3, 0.4) is 0 Å². The Kier molecular flexibility index (Phi) is 8.04. The predicted molar refractivity (Wildman–Crippen MR) is 248 cm³/mol. The lowest BCUT2D eigenvalue weighted by atomic mass is 9.81. The smallest absolute Gasteiger partial charge is 0.160 e. The van der Waals surface area contributed by atoms with E-state index in [9.17, 15) is 0 Å². The number of fused-ring (bicyclic) bond motifs is 9. The topological polar surface area (TPSA) is 51.0 Å². The predicted octanol–water partition coefficient (Wildman–Crippen LogP) is 15.1. The molecule has 0 fully saturated rings. The van der Waals surface area contributed by atoms with Gasteiger partial charge in [-0.1, -0.05) is 136 Å². The quantitative estimate of drug-likeness (QED) is 0.125. The SMILES string of the molecule is C=C(N=C(N=C(C)c1cccc(-c2sc(-c3ccccc3)c3c2C(C)(C)c2ccccc2-3)c1)c1ccc2c(c1)oc1ccccc12)c1ccc2oc3ccccc3c2c1. The number of para-hydroxylation sites is 2. The zero-order valence-electron chi connectivity index (χ0n) is 32.9. The number of hydrogen-bond donors (Lipinski definition) is 0. The highest BCUT2D eigenvalue weighted by molar-refractivity contribution is 7.19. The van der Waals surface area contributed by atoms with Crippen molar-refractivity contribution in [1.29, 1.82) is 0 Å². The minimum atomic E-state index is -0.162. The molecule has 0 spiro atoms. The number of furan rings is 2. The molecule has 3 aromatic heterocycles. The molecule has 59 heavy (non-hydrogen) atoms. The number of thiophene rings is 1. The summed E-state index contributed by atoms with van der Waals surface area (Å²) in [6.07, 6.45) is 0. The molecule has 0 saturated heterocycles. The van der Waals surface area contributed by atoms with Gasteiger partial charge in [0.15, 0.2) is 5.84 Å². The molecule has 0 bridgehead atoms. The van der Waals surface area contributed by atoms with E-state index in [1.165, 1.54) is 43.1 Å². The standard InChI is InChI=1S/C54H38N2O2S/c1-32(35-17-14-18-37(29-35)52-50-49(51(59-52)34-15-6-5-7-16-34)42-21-8-11-22-44(42)54(50,3)4)55-53(38-25-27-41-39-19-9-12-23-45(39)58-48(41)31-38)56-33(2)36-26-28-47-43(30-36)40-20-10-13-24-46(40)57-47/h5-31H,2H2,1,3-4H3. The average Bonchev–Trinajstić information content (AvgIpc) is 4.02. The monoisotopic (exact) mass is 778 g/mol. The Morgan fingerprint density at radius 3 is 1.98 bits per heavy atom. The minimum absolute atomic E-state index is 0.162. The first-order valence-corrected chi connectivity index (χ1v) is 20.7. The van der Waals surface area contributed by atoms with E-state index < -0.39 is 0 Å². The van der Waals surface area contributed by atoms with Gasteiger partial charge in [0.05, 0.1) is 5.70 Å². The van der Waals surface area contributed by atoms with Gasteiger partial charge in [0.25, 0.3) is 0 Å². The van der Waals surface area contributed by atoms with E-state index in [0.717, 1.165) is 66.3 Å². The Morgan fingerprint density at radius 1 is 0.525 bits per heavy atom. The molecule has 1 aliphatic rings. The molecule has 4 nitrogen and oxygen atoms in total. The van der Waals surface area contributed by atoms with Crippen LogP contribution in [-0.2, 0) is 5.41 Å². The van der Waals surface area contributed by atoms with Gasteiger partial charge in [-0.05, 0) is 88.8 Å². The summed E-state index contributed by atoms with van der Waals surface area (Å²) >= 11 is 1.88. The molecule has 0 atom stereocenters. The first-order chi connectivity index (χ1) is 28.8. The minimum Gasteiger partial charge on any atom is -0.456 e. The molecule has 1 aliphatic carbocycles. The van der Waals surface area contributed by atoms with Crippen LogP contribution in [0.25, 0.3) is 81.6 Å². The molecule has 7 aromatic carbocycles. The number of nitrogens with zero attached hydrogens (tertiary/aromatic N) is 2. The second-order valence-electron chi connectivity index (χ2n) is 15.8. The molecule has 0 amide bonds. The molecule has 3 heterocycles. The van der Waals surface area contributed by atoms with Gasteiger partial charge in [-0.15, -0.1) is 11.3 Å². The van der Waals surface area contributed by atoms with Crippen LogP contribution in [0.4, 0.5) is 0 Å². The number of amidine groups is 1. The van der Waals surface area contributed by atoms with E-state index in [2.05, 4.69) is 137 Å². The van der Waals surface area contributed by atoms with Crippen molar-refractivity contribution in [3.8, 4) is 32.0 Å². The summed E-state index contributed by atoms with van der Waals surface area (Å²) in [6, 6.07) is 57.1. The van der Waals surface area contributed by atoms with Crippen LogP contribution in [0.5, 0.6) is 0 Å². The molecule has 0 aliphatic heterocycles. The van der Waals surface area contributed by atoms with Crippen LogP contribution in [0.1, 0.15) is 48.6 Å². The Balaban J connectivity index is 1.04. The third-order valence-corrected chi connectivity index (χ3v) is 13.1. The van der Waals surface area contributed by atoms with E-state index in [4.69, 9.17) is 18.8 Å². The summed E-state index contributed by atoms with van der Waals surface area (Å²) in [5.41, 5.74) is 15.2. The fourth-order valence-corrected chi connectivity index (χ4v) is 10.4. The van der Waals surface area contributed by atoms with Crippen molar-refractivity contribution in [3.63, 3.8) is 0 Å². The summed E-state index contributed by atoms with van der Waals surface area (Å²) in [5, 5.41) is 4.22. The molecular weight excluding hydrogens is 741 g/mol. The summed E-state index contributed by atoms with van der Waals surface area (Å²) < 4.78 is 12.5. The first kappa shape index (κ1) is 35.1. The Morgan fingerprint density at radius 2 is 1.17 bits per heavy atom. The number of rotatable bonds is 6. The first-order valence-electron chi connectivity index (χ1n) is 19.9. The van der Waals surface area contributed by atoms with Gasteiger partial charge < -0.3 is 8.83 Å². The maximum atomic E-state index is 6.34. The van der Waals surface area contributed by atoms with E-state index in [1.807, 2.05) is 65.9 Å². The van der Waals surface area contributed by atoms with Gasteiger partial charge in [0.1, 0.15) is 22.3 Å². The second kappa shape index (κ2) is 13.5. The van der Waals surface area contributed by atoms with Gasteiger partial charge in [-0.3, -0.25) is 0 Å². The van der Waals surface area contributed by atoms with Crippen molar-refractivity contribution < 1.29 is 8.83 Å².